The molecule has 1 atom stereocenters. The van der Waals surface area contributed by atoms with Gasteiger partial charge in [0.05, 0.1) is 9.82 Å². The SMILES string of the molecule is CNS(=O)(=O)c1ccc(NCC(N)C2CC2)c([N+](=O)[O-])c1. The molecule has 9 heteroatoms. The van der Waals surface area contributed by atoms with Gasteiger partial charge in [0.15, 0.2) is 0 Å². The molecule has 0 spiro atoms. The molecule has 8 nitrogen and oxygen atoms in total. The molecule has 1 aromatic rings. The van der Waals surface area contributed by atoms with E-state index in [4.69, 9.17) is 5.73 Å². The van der Waals surface area contributed by atoms with Crippen molar-refractivity contribution in [3.63, 3.8) is 0 Å². The Morgan fingerprint density at radius 2 is 2.14 bits per heavy atom. The number of sulfonamides is 1. The first-order chi connectivity index (χ1) is 9.85. The maximum Gasteiger partial charge on any atom is 0.293 e. The van der Waals surface area contributed by atoms with Crippen molar-refractivity contribution in [1.82, 2.24) is 4.72 Å². The molecule has 2 rings (SSSR count). The summed E-state index contributed by atoms with van der Waals surface area (Å²) in [5.41, 5.74) is 5.92. The zero-order valence-electron chi connectivity index (χ0n) is 11.6. The van der Waals surface area contributed by atoms with Crippen LogP contribution in [0.5, 0.6) is 0 Å². The van der Waals surface area contributed by atoms with Gasteiger partial charge in [-0.25, -0.2) is 13.1 Å². The average molecular weight is 314 g/mol. The number of rotatable bonds is 7. The van der Waals surface area contributed by atoms with Crippen molar-refractivity contribution in [3.8, 4) is 0 Å². The summed E-state index contributed by atoms with van der Waals surface area (Å²) in [6.07, 6.45) is 2.18. The fourth-order valence-corrected chi connectivity index (χ4v) is 2.77. The van der Waals surface area contributed by atoms with Crippen LogP contribution in [-0.4, -0.2) is 33.0 Å². The van der Waals surface area contributed by atoms with Gasteiger partial charge in [0.2, 0.25) is 10.0 Å². The number of hydrogen-bond donors (Lipinski definition) is 3. The minimum Gasteiger partial charge on any atom is -0.378 e. The lowest BCUT2D eigenvalue weighted by Crippen LogP contribution is -2.31. The van der Waals surface area contributed by atoms with E-state index in [9.17, 15) is 18.5 Å². The average Bonchev–Trinajstić information content (AvgIpc) is 3.29. The molecule has 1 fully saturated rings. The van der Waals surface area contributed by atoms with Gasteiger partial charge in [0.25, 0.3) is 5.69 Å². The Morgan fingerprint density at radius 1 is 1.48 bits per heavy atom. The van der Waals surface area contributed by atoms with Gasteiger partial charge in [0.1, 0.15) is 5.69 Å². The van der Waals surface area contributed by atoms with Crippen LogP contribution in [0.15, 0.2) is 23.1 Å². The largest absolute Gasteiger partial charge is 0.378 e. The topological polar surface area (TPSA) is 127 Å². The molecule has 0 bridgehead atoms. The predicted octanol–water partition coefficient (Wildman–Crippen LogP) is 0.652. The molecule has 0 amide bonds. The quantitative estimate of drug-likeness (QED) is 0.501. The number of nitrogens with zero attached hydrogens (tertiary/aromatic N) is 1. The Kier molecular flexibility index (Phi) is 4.45. The van der Waals surface area contributed by atoms with E-state index >= 15 is 0 Å². The second-order valence-corrected chi connectivity index (χ2v) is 6.91. The molecular formula is C12H18N4O4S. The maximum absolute atomic E-state index is 11.7. The van der Waals surface area contributed by atoms with E-state index < -0.39 is 14.9 Å². The molecule has 0 saturated heterocycles. The van der Waals surface area contributed by atoms with Gasteiger partial charge in [-0.2, -0.15) is 0 Å². The molecule has 0 aromatic heterocycles. The lowest BCUT2D eigenvalue weighted by atomic mass is 10.2. The lowest BCUT2D eigenvalue weighted by Gasteiger charge is -2.13. The fraction of sp³-hybridized carbons (Fsp3) is 0.500. The van der Waals surface area contributed by atoms with Crippen LogP contribution in [0.2, 0.25) is 0 Å². The first kappa shape index (κ1) is 15.7. The number of nitrogens with two attached hydrogens (primary N) is 1. The predicted molar refractivity (Wildman–Crippen MR) is 78.5 cm³/mol. The summed E-state index contributed by atoms with van der Waals surface area (Å²) in [7, 11) is -2.46. The summed E-state index contributed by atoms with van der Waals surface area (Å²) in [5.74, 6) is 0.473. The van der Waals surface area contributed by atoms with Gasteiger partial charge in [-0.05, 0) is 37.9 Å². The summed E-state index contributed by atoms with van der Waals surface area (Å²) >= 11 is 0. The molecule has 1 saturated carbocycles. The Morgan fingerprint density at radius 3 is 2.67 bits per heavy atom. The molecule has 21 heavy (non-hydrogen) atoms. The van der Waals surface area contributed by atoms with Crippen LogP contribution in [0.3, 0.4) is 0 Å². The molecule has 1 aromatic carbocycles. The standard InChI is InChI=1S/C12H18N4O4S/c1-14-21(19,20)9-4-5-11(12(6-9)16(17)18)15-7-10(13)8-2-3-8/h4-6,8,10,14-15H,2-3,7,13H2,1H3. The van der Waals surface area contributed by atoms with Crippen LogP contribution in [0.1, 0.15) is 12.8 Å². The van der Waals surface area contributed by atoms with Crippen molar-refractivity contribution in [2.45, 2.75) is 23.8 Å². The number of hydrogen-bond acceptors (Lipinski definition) is 6. The fourth-order valence-electron chi connectivity index (χ4n) is 2.02. The minimum atomic E-state index is -3.71. The van der Waals surface area contributed by atoms with Gasteiger partial charge in [-0.15, -0.1) is 0 Å². The smallest absolute Gasteiger partial charge is 0.293 e. The molecule has 1 aliphatic rings. The Balaban J connectivity index is 2.22. The third-order valence-electron chi connectivity index (χ3n) is 3.50. The minimum absolute atomic E-state index is 0.0506. The number of benzene rings is 1. The Hall–Kier alpha value is -1.71. The monoisotopic (exact) mass is 314 g/mol. The van der Waals surface area contributed by atoms with Gasteiger partial charge in [0, 0.05) is 18.7 Å². The molecule has 1 aliphatic carbocycles. The van der Waals surface area contributed by atoms with Gasteiger partial charge < -0.3 is 11.1 Å². The van der Waals surface area contributed by atoms with Crippen LogP contribution in [0.4, 0.5) is 11.4 Å². The zero-order chi connectivity index (χ0) is 15.6. The number of nitro benzene ring substituents is 1. The summed E-state index contributed by atoms with van der Waals surface area (Å²) in [5, 5.41) is 14.0. The molecule has 0 heterocycles. The number of nitrogens with one attached hydrogen (secondary N) is 2. The van der Waals surface area contributed by atoms with Gasteiger partial charge in [-0.3, -0.25) is 10.1 Å². The molecule has 4 N–H and O–H groups in total. The van der Waals surface area contributed by atoms with E-state index in [1.807, 2.05) is 0 Å². The first-order valence-corrected chi connectivity index (χ1v) is 8.05. The van der Waals surface area contributed by atoms with Crippen molar-refractivity contribution < 1.29 is 13.3 Å². The van der Waals surface area contributed by atoms with Crippen molar-refractivity contribution in [2.75, 3.05) is 18.9 Å². The highest BCUT2D eigenvalue weighted by Crippen LogP contribution is 2.32. The highest BCUT2D eigenvalue weighted by atomic mass is 32.2. The molecule has 0 radical (unpaired) electrons. The van der Waals surface area contributed by atoms with Gasteiger partial charge >= 0.3 is 0 Å². The second kappa shape index (κ2) is 5.96. The molecule has 116 valence electrons. The van der Waals surface area contributed by atoms with Crippen molar-refractivity contribution in [3.05, 3.63) is 28.3 Å². The Bertz CT molecular complexity index is 643. The van der Waals surface area contributed by atoms with E-state index in [0.29, 0.717) is 12.5 Å². The highest BCUT2D eigenvalue weighted by molar-refractivity contribution is 7.89. The summed E-state index contributed by atoms with van der Waals surface area (Å²) in [4.78, 5) is 10.3. The second-order valence-electron chi connectivity index (χ2n) is 5.03. The third-order valence-corrected chi connectivity index (χ3v) is 4.91. The summed E-state index contributed by atoms with van der Waals surface area (Å²) < 4.78 is 25.5. The summed E-state index contributed by atoms with van der Waals surface area (Å²) in [6, 6.07) is 3.70. The van der Waals surface area contributed by atoms with E-state index in [1.165, 1.54) is 19.2 Å². The van der Waals surface area contributed by atoms with Crippen molar-refractivity contribution >= 4 is 21.4 Å². The first-order valence-electron chi connectivity index (χ1n) is 6.56. The Labute approximate surface area is 122 Å². The van der Waals surface area contributed by atoms with E-state index in [-0.39, 0.29) is 22.3 Å². The van der Waals surface area contributed by atoms with E-state index in [1.54, 1.807) is 0 Å². The van der Waals surface area contributed by atoms with Crippen LogP contribution in [-0.2, 0) is 10.0 Å². The van der Waals surface area contributed by atoms with Crippen molar-refractivity contribution in [2.24, 2.45) is 11.7 Å². The van der Waals surface area contributed by atoms with E-state index in [0.717, 1.165) is 18.9 Å². The van der Waals surface area contributed by atoms with E-state index in [2.05, 4.69) is 10.0 Å². The third kappa shape index (κ3) is 3.69. The van der Waals surface area contributed by atoms with Crippen molar-refractivity contribution in [1.29, 1.82) is 0 Å². The normalized spacial score (nSPS) is 16.5. The van der Waals surface area contributed by atoms with Crippen LogP contribution < -0.4 is 15.8 Å². The van der Waals surface area contributed by atoms with Crippen LogP contribution in [0.25, 0.3) is 0 Å². The molecule has 1 unspecified atom stereocenters. The lowest BCUT2D eigenvalue weighted by molar-refractivity contribution is -0.384. The summed E-state index contributed by atoms with van der Waals surface area (Å²) in [6.45, 7) is 0.420. The molecular weight excluding hydrogens is 296 g/mol. The van der Waals surface area contributed by atoms with Crippen LogP contribution in [0, 0.1) is 16.0 Å². The highest BCUT2D eigenvalue weighted by Gasteiger charge is 2.28. The van der Waals surface area contributed by atoms with Crippen LogP contribution >= 0.6 is 0 Å². The molecule has 0 aliphatic heterocycles. The number of nitro groups is 1. The zero-order valence-corrected chi connectivity index (χ0v) is 12.4. The maximum atomic E-state index is 11.7. The van der Waals surface area contributed by atoms with Gasteiger partial charge in [-0.1, -0.05) is 0 Å². The number of anilines is 1.